The van der Waals surface area contributed by atoms with Gasteiger partial charge in [-0.3, -0.25) is 9.59 Å². The third-order valence-corrected chi connectivity index (χ3v) is 12.1. The Morgan fingerprint density at radius 3 is 1.21 bits per heavy atom. The van der Waals surface area contributed by atoms with Crippen molar-refractivity contribution in [2.75, 3.05) is 47.5 Å². The van der Waals surface area contributed by atoms with Crippen molar-refractivity contribution in [1.82, 2.24) is 0 Å². The highest BCUT2D eigenvalue weighted by molar-refractivity contribution is 5.70. The summed E-state index contributed by atoms with van der Waals surface area (Å²) in [6.45, 7) is 4.74. The van der Waals surface area contributed by atoms with Crippen molar-refractivity contribution in [2.24, 2.45) is 0 Å². The first-order valence-corrected chi connectivity index (χ1v) is 27.6. The summed E-state index contributed by atoms with van der Waals surface area (Å²) < 4.78 is 22.6. The van der Waals surface area contributed by atoms with E-state index in [1.807, 2.05) is 21.1 Å². The Hall–Kier alpha value is -2.49. The van der Waals surface area contributed by atoms with E-state index in [1.165, 1.54) is 173 Å². The van der Waals surface area contributed by atoms with Gasteiger partial charge in [0, 0.05) is 12.8 Å². The number of carbonyl (C=O) groups excluding carboxylic acids is 3. The van der Waals surface area contributed by atoms with Crippen LogP contribution in [0.5, 0.6) is 0 Å². The summed E-state index contributed by atoms with van der Waals surface area (Å²) in [6.07, 6.45) is 54.9. The molecule has 386 valence electrons. The lowest BCUT2D eigenvalue weighted by Crippen LogP contribution is -2.44. The van der Waals surface area contributed by atoms with Crippen molar-refractivity contribution in [3.05, 3.63) is 36.5 Å². The van der Waals surface area contributed by atoms with Crippen LogP contribution >= 0.6 is 0 Å². The zero-order valence-corrected chi connectivity index (χ0v) is 43.8. The molecule has 0 N–H and O–H groups in total. The van der Waals surface area contributed by atoms with Gasteiger partial charge in [0.1, 0.15) is 13.2 Å². The number of carboxylic acid groups (broad SMARTS) is 1. The highest BCUT2D eigenvalue weighted by Crippen LogP contribution is 2.16. The lowest BCUT2D eigenvalue weighted by Gasteiger charge is -2.26. The van der Waals surface area contributed by atoms with E-state index < -0.39 is 24.3 Å². The van der Waals surface area contributed by atoms with Crippen LogP contribution in [0.15, 0.2) is 36.5 Å². The Labute approximate surface area is 407 Å². The molecule has 66 heavy (non-hydrogen) atoms. The molecule has 0 spiro atoms. The molecule has 0 radical (unpaired) electrons. The van der Waals surface area contributed by atoms with E-state index in [-0.39, 0.29) is 32.2 Å². The summed E-state index contributed by atoms with van der Waals surface area (Å²) in [6, 6.07) is 0. The van der Waals surface area contributed by atoms with Crippen LogP contribution in [0.4, 0.5) is 0 Å². The molecule has 0 aromatic carbocycles. The van der Waals surface area contributed by atoms with Gasteiger partial charge in [0.25, 0.3) is 0 Å². The van der Waals surface area contributed by atoms with Gasteiger partial charge >= 0.3 is 11.9 Å². The quantitative estimate of drug-likeness (QED) is 0.0195. The van der Waals surface area contributed by atoms with Crippen molar-refractivity contribution in [3.63, 3.8) is 0 Å². The monoisotopic (exact) mass is 932 g/mol. The van der Waals surface area contributed by atoms with Crippen LogP contribution in [0.25, 0.3) is 0 Å². The number of hydrogen-bond acceptors (Lipinski definition) is 8. The molecule has 0 heterocycles. The summed E-state index contributed by atoms with van der Waals surface area (Å²) in [5.74, 6) is -2.27. The van der Waals surface area contributed by atoms with Crippen molar-refractivity contribution in [3.8, 4) is 0 Å². The van der Waals surface area contributed by atoms with Crippen LogP contribution in [0.3, 0.4) is 0 Å². The molecule has 0 aliphatic heterocycles. The van der Waals surface area contributed by atoms with Gasteiger partial charge in [0.15, 0.2) is 12.4 Å². The fourth-order valence-electron chi connectivity index (χ4n) is 7.84. The van der Waals surface area contributed by atoms with Gasteiger partial charge in [-0.25, -0.2) is 0 Å². The molecule has 0 aliphatic rings. The van der Waals surface area contributed by atoms with Crippen LogP contribution in [-0.2, 0) is 33.3 Å². The van der Waals surface area contributed by atoms with Crippen LogP contribution < -0.4 is 5.11 Å². The van der Waals surface area contributed by atoms with Gasteiger partial charge in [0.2, 0.25) is 0 Å². The van der Waals surface area contributed by atoms with E-state index in [0.717, 1.165) is 44.9 Å². The second-order valence-corrected chi connectivity index (χ2v) is 19.9. The Balaban J connectivity index is 4.07. The molecule has 0 saturated heterocycles. The summed E-state index contributed by atoms with van der Waals surface area (Å²) in [7, 11) is 5.92. The summed E-state index contributed by atoms with van der Waals surface area (Å²) >= 11 is 0. The zero-order chi connectivity index (χ0) is 48.4. The number of carbonyl (C=O) groups is 3. The fraction of sp³-hybridized carbons (Fsp3) is 0.842. The first kappa shape index (κ1) is 63.5. The highest BCUT2D eigenvalue weighted by Gasteiger charge is 2.22. The molecular weight excluding hydrogens is 827 g/mol. The number of likely N-dealkylation sites (N-methyl/N-ethyl adjacent to an activating group) is 1. The standard InChI is InChI=1S/C57H105NO8/c1-6-8-10-12-14-16-18-19-20-21-22-23-24-25-26-27-28-29-30-31-32-33-34-35-36-37-38-40-42-44-46-48-55(60)66-53(52-65-57(56(61)62)63-50-49-58(3,4)5)51-64-54(59)47-45-43-41-39-17-15-13-11-9-7-2/h18-19,21-22,24-25,53,57H,6-17,20,23,26-52H2,1-5H3/b19-18-,22-21-,25-24-. The molecule has 9 nitrogen and oxygen atoms in total. The number of ether oxygens (including phenoxy) is 4. The number of rotatable bonds is 51. The SMILES string of the molecule is CCCCCCC/C=C\C/C=C\C/C=C\CCCCCCCCCCCCCCCCCCC(=O)OC(COC(=O)CCCCCCCCCCCC)COC(OCC[N+](C)(C)C)C(=O)[O-]. The van der Waals surface area contributed by atoms with Crippen molar-refractivity contribution >= 4 is 17.9 Å². The van der Waals surface area contributed by atoms with Crippen LogP contribution in [0, 0.1) is 0 Å². The minimum Gasteiger partial charge on any atom is -0.545 e. The highest BCUT2D eigenvalue weighted by atomic mass is 16.7. The van der Waals surface area contributed by atoms with E-state index in [4.69, 9.17) is 18.9 Å². The smallest absolute Gasteiger partial charge is 0.306 e. The molecule has 2 unspecified atom stereocenters. The minimum absolute atomic E-state index is 0.150. The second kappa shape index (κ2) is 48.9. The van der Waals surface area contributed by atoms with E-state index in [2.05, 4.69) is 50.3 Å². The fourth-order valence-corrected chi connectivity index (χ4v) is 7.84. The molecule has 0 saturated carbocycles. The van der Waals surface area contributed by atoms with Crippen molar-refractivity contribution in [1.29, 1.82) is 0 Å². The normalized spacial score (nSPS) is 13.0. The van der Waals surface area contributed by atoms with Crippen LogP contribution in [0.1, 0.15) is 251 Å². The predicted molar refractivity (Wildman–Crippen MR) is 274 cm³/mol. The van der Waals surface area contributed by atoms with E-state index in [0.29, 0.717) is 23.9 Å². The third kappa shape index (κ3) is 49.4. The molecule has 0 amide bonds. The van der Waals surface area contributed by atoms with Gasteiger partial charge in [-0.05, 0) is 51.4 Å². The molecule has 0 fully saturated rings. The number of nitrogens with zero attached hydrogens (tertiary/aromatic N) is 1. The average molecular weight is 932 g/mol. The molecule has 0 aromatic heterocycles. The molecular formula is C57H105NO8. The topological polar surface area (TPSA) is 111 Å². The number of unbranched alkanes of at least 4 members (excludes halogenated alkanes) is 30. The Morgan fingerprint density at radius 1 is 0.455 bits per heavy atom. The summed E-state index contributed by atoms with van der Waals surface area (Å²) in [5, 5.41) is 11.7. The Bertz CT molecular complexity index is 1180. The number of esters is 2. The van der Waals surface area contributed by atoms with Gasteiger partial charge < -0.3 is 33.3 Å². The van der Waals surface area contributed by atoms with Gasteiger partial charge in [-0.15, -0.1) is 0 Å². The second-order valence-electron chi connectivity index (χ2n) is 19.9. The number of aliphatic carboxylic acids is 1. The van der Waals surface area contributed by atoms with E-state index in [1.54, 1.807) is 0 Å². The minimum atomic E-state index is -1.62. The first-order valence-electron chi connectivity index (χ1n) is 27.6. The van der Waals surface area contributed by atoms with Crippen molar-refractivity contribution in [2.45, 2.75) is 264 Å². The van der Waals surface area contributed by atoms with Gasteiger partial charge in [-0.1, -0.05) is 224 Å². The first-order chi connectivity index (χ1) is 32.1. The third-order valence-electron chi connectivity index (χ3n) is 12.1. The number of carboxylic acids is 1. The van der Waals surface area contributed by atoms with E-state index >= 15 is 0 Å². The van der Waals surface area contributed by atoms with Crippen LogP contribution in [0.2, 0.25) is 0 Å². The molecule has 0 rings (SSSR count). The molecule has 0 aromatic rings. The lowest BCUT2D eigenvalue weighted by molar-refractivity contribution is -0.870. The van der Waals surface area contributed by atoms with Crippen LogP contribution in [-0.4, -0.2) is 82.3 Å². The number of quaternary nitrogens is 1. The maximum Gasteiger partial charge on any atom is 0.306 e. The largest absolute Gasteiger partial charge is 0.545 e. The summed E-state index contributed by atoms with van der Waals surface area (Å²) in [5.41, 5.74) is 0. The zero-order valence-electron chi connectivity index (χ0n) is 43.8. The van der Waals surface area contributed by atoms with E-state index in [9.17, 15) is 19.5 Å². The molecule has 0 bridgehead atoms. The predicted octanol–water partition coefficient (Wildman–Crippen LogP) is 14.4. The Morgan fingerprint density at radius 2 is 0.818 bits per heavy atom. The number of allylic oxidation sites excluding steroid dienone is 6. The maximum absolute atomic E-state index is 12.8. The lowest BCUT2D eigenvalue weighted by atomic mass is 10.0. The maximum atomic E-state index is 12.8. The van der Waals surface area contributed by atoms with Gasteiger partial charge in [0.05, 0.1) is 40.3 Å². The number of hydrogen-bond donors (Lipinski definition) is 0. The average Bonchev–Trinajstić information content (AvgIpc) is 3.28. The molecule has 0 aliphatic carbocycles. The molecule has 9 heteroatoms. The Kier molecular flexibility index (Phi) is 47.1. The van der Waals surface area contributed by atoms with Crippen molar-refractivity contribution < 1.29 is 42.9 Å². The van der Waals surface area contributed by atoms with Gasteiger partial charge in [-0.2, -0.15) is 0 Å². The molecule has 2 atom stereocenters. The summed E-state index contributed by atoms with van der Waals surface area (Å²) in [4.78, 5) is 37.1.